The van der Waals surface area contributed by atoms with E-state index in [4.69, 9.17) is 42.8 Å². The Hall–Kier alpha value is -4.01. The summed E-state index contributed by atoms with van der Waals surface area (Å²) in [5, 5.41) is 0.921. The topological polar surface area (TPSA) is 112 Å². The number of anilines is 1. The Balaban J connectivity index is 1.70. The number of amides is 2. The van der Waals surface area contributed by atoms with Crippen LogP contribution in [0.4, 0.5) is 5.69 Å². The van der Waals surface area contributed by atoms with E-state index in [2.05, 4.69) is 0 Å². The summed E-state index contributed by atoms with van der Waals surface area (Å²) in [6.45, 7) is -0.281. The van der Waals surface area contributed by atoms with E-state index < -0.39 is 17.9 Å². The van der Waals surface area contributed by atoms with Gasteiger partial charge in [-0.15, -0.1) is 0 Å². The summed E-state index contributed by atoms with van der Waals surface area (Å²) in [6.07, 6.45) is 0. The molecule has 5 rings (SSSR count). The molecule has 10 heteroatoms. The van der Waals surface area contributed by atoms with Crippen LogP contribution in [0.15, 0.2) is 69.9 Å². The van der Waals surface area contributed by atoms with Gasteiger partial charge in [0, 0.05) is 10.7 Å². The number of nitrogens with zero attached hydrogens (tertiary/aromatic N) is 1. The molecule has 1 atom stereocenters. The zero-order chi connectivity index (χ0) is 25.6. The monoisotopic (exact) mass is 524 g/mol. The molecule has 0 spiro atoms. The maximum absolute atomic E-state index is 13.7. The van der Waals surface area contributed by atoms with Gasteiger partial charge in [-0.1, -0.05) is 35.3 Å². The number of rotatable bonds is 6. The number of ether oxygens (including phenoxy) is 2. The van der Waals surface area contributed by atoms with Gasteiger partial charge in [-0.05, 0) is 54.1 Å². The van der Waals surface area contributed by atoms with Crippen molar-refractivity contribution in [3.8, 4) is 11.5 Å². The zero-order valence-electron chi connectivity index (χ0n) is 18.8. The third-order valence-corrected chi connectivity index (χ3v) is 6.35. The molecular weight excluding hydrogens is 507 g/mol. The summed E-state index contributed by atoms with van der Waals surface area (Å²) < 4.78 is 16.5. The lowest BCUT2D eigenvalue weighted by atomic mass is 9.98. The van der Waals surface area contributed by atoms with Gasteiger partial charge in [-0.25, -0.2) is 0 Å². The van der Waals surface area contributed by atoms with Crippen molar-refractivity contribution in [2.24, 2.45) is 5.73 Å². The third kappa shape index (κ3) is 4.04. The minimum absolute atomic E-state index is 0.0687. The van der Waals surface area contributed by atoms with Gasteiger partial charge in [0.05, 0.1) is 29.1 Å². The number of halogens is 2. The van der Waals surface area contributed by atoms with Crippen LogP contribution in [0.2, 0.25) is 10.0 Å². The highest BCUT2D eigenvalue weighted by Crippen LogP contribution is 2.43. The van der Waals surface area contributed by atoms with Crippen molar-refractivity contribution < 1.29 is 23.5 Å². The highest BCUT2D eigenvalue weighted by molar-refractivity contribution is 6.32. The second kappa shape index (κ2) is 9.22. The summed E-state index contributed by atoms with van der Waals surface area (Å²) in [7, 11) is 1.49. The predicted octanol–water partition coefficient (Wildman–Crippen LogP) is 4.72. The summed E-state index contributed by atoms with van der Waals surface area (Å²) in [6, 6.07) is 15.4. The van der Waals surface area contributed by atoms with Gasteiger partial charge in [0.1, 0.15) is 17.1 Å². The van der Waals surface area contributed by atoms with Crippen molar-refractivity contribution in [1.82, 2.24) is 0 Å². The second-order valence-corrected chi connectivity index (χ2v) is 8.88. The highest BCUT2D eigenvalue weighted by atomic mass is 35.5. The van der Waals surface area contributed by atoms with Crippen molar-refractivity contribution in [1.29, 1.82) is 0 Å². The number of primary amides is 1. The molecule has 182 valence electrons. The third-order valence-electron chi connectivity index (χ3n) is 5.82. The molecule has 0 radical (unpaired) electrons. The highest BCUT2D eigenvalue weighted by Gasteiger charge is 2.43. The summed E-state index contributed by atoms with van der Waals surface area (Å²) in [5.41, 5.74) is 6.24. The molecule has 3 aromatic carbocycles. The van der Waals surface area contributed by atoms with Crippen LogP contribution in [0.1, 0.15) is 27.7 Å². The minimum atomic E-state index is -0.832. The summed E-state index contributed by atoms with van der Waals surface area (Å²) >= 11 is 12.5. The number of carbonyl (C=O) groups excluding carboxylic acids is 2. The quantitative estimate of drug-likeness (QED) is 0.390. The van der Waals surface area contributed by atoms with Crippen LogP contribution >= 0.6 is 23.2 Å². The SMILES string of the molecule is COc1ccc(N2C(=O)c3oc4ccc(Cl)cc4c(=O)c3C2c2ccc(OCC(N)=O)cc2)cc1Cl. The first-order valence-corrected chi connectivity index (χ1v) is 11.5. The molecule has 1 aromatic heterocycles. The van der Waals surface area contributed by atoms with E-state index in [1.165, 1.54) is 18.1 Å². The Morgan fingerprint density at radius 3 is 2.47 bits per heavy atom. The predicted molar refractivity (Wildman–Crippen MR) is 135 cm³/mol. The van der Waals surface area contributed by atoms with E-state index in [9.17, 15) is 14.4 Å². The van der Waals surface area contributed by atoms with Gasteiger partial charge in [-0.3, -0.25) is 19.3 Å². The fourth-order valence-corrected chi connectivity index (χ4v) is 4.66. The summed E-state index contributed by atoms with van der Waals surface area (Å²) in [4.78, 5) is 39.8. The second-order valence-electron chi connectivity index (χ2n) is 8.04. The van der Waals surface area contributed by atoms with E-state index in [1.807, 2.05) is 0 Å². The zero-order valence-corrected chi connectivity index (χ0v) is 20.3. The molecule has 2 heterocycles. The van der Waals surface area contributed by atoms with Crippen LogP contribution in [0.5, 0.6) is 11.5 Å². The van der Waals surface area contributed by atoms with Gasteiger partial charge in [0.25, 0.3) is 11.8 Å². The van der Waals surface area contributed by atoms with Crippen LogP contribution in [0.3, 0.4) is 0 Å². The Morgan fingerprint density at radius 2 is 1.81 bits per heavy atom. The number of hydrogen-bond acceptors (Lipinski definition) is 6. The normalized spacial score (nSPS) is 14.7. The number of benzene rings is 3. The van der Waals surface area contributed by atoms with Gasteiger partial charge in [0.15, 0.2) is 12.0 Å². The van der Waals surface area contributed by atoms with Gasteiger partial charge < -0.3 is 19.6 Å². The van der Waals surface area contributed by atoms with Crippen molar-refractivity contribution in [3.63, 3.8) is 0 Å². The molecule has 1 unspecified atom stereocenters. The van der Waals surface area contributed by atoms with E-state index in [0.717, 1.165) is 0 Å². The van der Waals surface area contributed by atoms with Crippen LogP contribution in [-0.2, 0) is 4.79 Å². The molecule has 2 N–H and O–H groups in total. The van der Waals surface area contributed by atoms with Gasteiger partial charge in [-0.2, -0.15) is 0 Å². The molecule has 0 saturated carbocycles. The first kappa shape index (κ1) is 23.7. The lowest BCUT2D eigenvalue weighted by Crippen LogP contribution is -2.29. The lowest BCUT2D eigenvalue weighted by Gasteiger charge is -2.26. The summed E-state index contributed by atoms with van der Waals surface area (Å²) in [5.74, 6) is -0.342. The lowest BCUT2D eigenvalue weighted by molar-refractivity contribution is -0.119. The molecule has 2 amide bonds. The van der Waals surface area contributed by atoms with E-state index in [-0.39, 0.29) is 34.3 Å². The van der Waals surface area contributed by atoms with E-state index >= 15 is 0 Å². The number of carbonyl (C=O) groups is 2. The molecular formula is C26H18Cl2N2O6. The van der Waals surface area contributed by atoms with E-state index in [0.29, 0.717) is 32.8 Å². The molecule has 0 bridgehead atoms. The molecule has 0 aliphatic carbocycles. The fraction of sp³-hybridized carbons (Fsp3) is 0.115. The molecule has 8 nitrogen and oxygen atoms in total. The van der Waals surface area contributed by atoms with Crippen LogP contribution in [-0.4, -0.2) is 25.5 Å². The standard InChI is InChI=1S/C26H18Cl2N2O6/c1-34-20-9-5-15(11-18(20)28)30-23(13-2-6-16(7-3-13)35-12-21(29)31)22-24(32)17-10-14(27)4-8-19(17)36-25(22)26(30)33/h2-11,23H,12H2,1H3,(H2,29,31). The van der Waals surface area contributed by atoms with Crippen molar-refractivity contribution in [2.45, 2.75) is 6.04 Å². The Bertz CT molecular complexity index is 1580. The Kier molecular flexibility index (Phi) is 6.07. The average Bonchev–Trinajstić information content (AvgIpc) is 3.16. The maximum atomic E-state index is 13.7. The van der Waals surface area contributed by atoms with Crippen molar-refractivity contribution in [2.75, 3.05) is 18.6 Å². The van der Waals surface area contributed by atoms with E-state index in [1.54, 1.807) is 54.6 Å². The van der Waals surface area contributed by atoms with Crippen LogP contribution < -0.4 is 25.5 Å². The largest absolute Gasteiger partial charge is 0.495 e. The molecule has 36 heavy (non-hydrogen) atoms. The van der Waals surface area contributed by atoms with Gasteiger partial charge in [0.2, 0.25) is 5.76 Å². The minimum Gasteiger partial charge on any atom is -0.495 e. The smallest absolute Gasteiger partial charge is 0.295 e. The first-order valence-electron chi connectivity index (χ1n) is 10.7. The Morgan fingerprint density at radius 1 is 1.06 bits per heavy atom. The molecule has 1 aliphatic rings. The average molecular weight is 525 g/mol. The fourth-order valence-electron chi connectivity index (χ4n) is 4.23. The number of hydrogen-bond donors (Lipinski definition) is 1. The first-order chi connectivity index (χ1) is 17.3. The Labute approximate surface area is 214 Å². The van der Waals surface area contributed by atoms with Crippen molar-refractivity contribution >= 4 is 51.7 Å². The maximum Gasteiger partial charge on any atom is 0.295 e. The number of nitrogens with two attached hydrogens (primary N) is 1. The molecule has 1 aliphatic heterocycles. The molecule has 0 saturated heterocycles. The van der Waals surface area contributed by atoms with Gasteiger partial charge >= 0.3 is 0 Å². The van der Waals surface area contributed by atoms with Crippen LogP contribution in [0, 0.1) is 0 Å². The molecule has 0 fully saturated rings. The van der Waals surface area contributed by atoms with Crippen molar-refractivity contribution in [3.05, 3.63) is 97.8 Å². The number of methoxy groups -OCH3 is 1. The number of fused-ring (bicyclic) bond motifs is 2. The van der Waals surface area contributed by atoms with Crippen LogP contribution in [0.25, 0.3) is 11.0 Å². The molecule has 4 aromatic rings.